The molecule has 1 aromatic heterocycles. The molecule has 1 aliphatic heterocycles. The number of ether oxygens (including phenoxy) is 2. The molecular weight excluding hydrogens is 408 g/mol. The molecule has 2 aromatic rings. The van der Waals surface area contributed by atoms with Gasteiger partial charge in [-0.3, -0.25) is 0 Å². The molecule has 0 radical (unpaired) electrons. The number of halogens is 1. The van der Waals surface area contributed by atoms with E-state index < -0.39 is 0 Å². The molecule has 0 N–H and O–H groups in total. The Morgan fingerprint density at radius 2 is 1.96 bits per heavy atom. The Hall–Kier alpha value is -2.17. The first-order valence-corrected chi connectivity index (χ1v) is 9.98. The number of likely N-dealkylation sites (tertiary alicyclic amines) is 1. The Bertz CT molecular complexity index is 773. The second-order valence-electron chi connectivity index (χ2n) is 6.51. The van der Waals surface area contributed by atoms with Gasteiger partial charge in [0.15, 0.2) is 0 Å². The third-order valence-corrected chi connectivity index (χ3v) is 4.97. The highest BCUT2D eigenvalue weighted by Gasteiger charge is 2.22. The van der Waals surface area contributed by atoms with Crippen molar-refractivity contribution in [1.82, 2.24) is 14.9 Å². The summed E-state index contributed by atoms with van der Waals surface area (Å²) in [6.45, 7) is 3.34. The van der Waals surface area contributed by atoms with Crippen LogP contribution in [0.15, 0.2) is 41.1 Å². The summed E-state index contributed by atoms with van der Waals surface area (Å²) in [5.74, 6) is 0.879. The molecule has 142 valence electrons. The standard InChI is InChI=1S/C20H23BrN4O2/c21-17-5-3-4-16(14-17)15-26-19-20(24-10-9-23-19)27-18-6-12-25(13-7-18)11-2-1-8-22/h3-5,9-10,14,18H,1-2,6-7,11-13,15H2. The maximum atomic E-state index is 8.64. The number of hydrogen-bond acceptors (Lipinski definition) is 6. The van der Waals surface area contributed by atoms with Crippen molar-refractivity contribution in [3.63, 3.8) is 0 Å². The van der Waals surface area contributed by atoms with Crippen molar-refractivity contribution < 1.29 is 9.47 Å². The van der Waals surface area contributed by atoms with Gasteiger partial charge in [-0.15, -0.1) is 0 Å². The van der Waals surface area contributed by atoms with E-state index in [2.05, 4.69) is 36.9 Å². The fourth-order valence-electron chi connectivity index (χ4n) is 3.06. The van der Waals surface area contributed by atoms with Crippen LogP contribution in [0.25, 0.3) is 0 Å². The summed E-state index contributed by atoms with van der Waals surface area (Å²) in [7, 11) is 0. The van der Waals surface area contributed by atoms with Crippen LogP contribution in [0.1, 0.15) is 31.2 Å². The number of aromatic nitrogens is 2. The Labute approximate surface area is 168 Å². The van der Waals surface area contributed by atoms with Gasteiger partial charge in [-0.2, -0.15) is 5.26 Å². The minimum absolute atomic E-state index is 0.113. The first-order chi connectivity index (χ1) is 13.2. The SMILES string of the molecule is N#CCCCN1CCC(Oc2nccnc2OCc2cccc(Br)c2)CC1. The number of piperidine rings is 1. The minimum Gasteiger partial charge on any atom is -0.470 e. The third-order valence-electron chi connectivity index (χ3n) is 4.47. The second-order valence-corrected chi connectivity index (χ2v) is 7.42. The molecule has 0 unspecified atom stereocenters. The van der Waals surface area contributed by atoms with E-state index in [0.717, 1.165) is 48.9 Å². The van der Waals surface area contributed by atoms with Crippen molar-refractivity contribution in [1.29, 1.82) is 5.26 Å². The molecule has 1 saturated heterocycles. The van der Waals surface area contributed by atoms with Gasteiger partial charge in [0.2, 0.25) is 0 Å². The molecule has 27 heavy (non-hydrogen) atoms. The van der Waals surface area contributed by atoms with E-state index in [1.165, 1.54) is 0 Å². The zero-order chi connectivity index (χ0) is 18.9. The Morgan fingerprint density at radius 3 is 2.70 bits per heavy atom. The summed E-state index contributed by atoms with van der Waals surface area (Å²) in [6, 6.07) is 10.2. The first kappa shape index (κ1) is 19.6. The lowest BCUT2D eigenvalue weighted by atomic mass is 10.1. The maximum absolute atomic E-state index is 8.64. The van der Waals surface area contributed by atoms with Crippen LogP contribution in [0, 0.1) is 11.3 Å². The van der Waals surface area contributed by atoms with E-state index in [0.29, 0.717) is 24.8 Å². The first-order valence-electron chi connectivity index (χ1n) is 9.19. The molecule has 1 aliphatic rings. The molecule has 6 nitrogen and oxygen atoms in total. The number of nitriles is 1. The lowest BCUT2D eigenvalue weighted by Gasteiger charge is -2.31. The average molecular weight is 431 g/mol. The summed E-state index contributed by atoms with van der Waals surface area (Å²) >= 11 is 3.47. The van der Waals surface area contributed by atoms with Gasteiger partial charge in [0.25, 0.3) is 11.8 Å². The number of benzene rings is 1. The summed E-state index contributed by atoms with van der Waals surface area (Å²) in [6.07, 6.45) is 6.78. The van der Waals surface area contributed by atoms with Gasteiger partial charge < -0.3 is 14.4 Å². The lowest BCUT2D eigenvalue weighted by molar-refractivity contribution is 0.0913. The van der Waals surface area contributed by atoms with Crippen LogP contribution in [0.5, 0.6) is 11.8 Å². The average Bonchev–Trinajstić information content (AvgIpc) is 2.69. The zero-order valence-electron chi connectivity index (χ0n) is 15.2. The number of hydrogen-bond donors (Lipinski definition) is 0. The molecule has 1 aromatic carbocycles. The van der Waals surface area contributed by atoms with E-state index in [9.17, 15) is 0 Å². The van der Waals surface area contributed by atoms with Crippen molar-refractivity contribution in [2.45, 2.75) is 38.4 Å². The highest BCUT2D eigenvalue weighted by Crippen LogP contribution is 2.26. The summed E-state index contributed by atoms with van der Waals surface area (Å²) in [5, 5.41) is 8.64. The highest BCUT2D eigenvalue weighted by atomic mass is 79.9. The fraction of sp³-hybridized carbons (Fsp3) is 0.450. The highest BCUT2D eigenvalue weighted by molar-refractivity contribution is 9.10. The monoisotopic (exact) mass is 430 g/mol. The van der Waals surface area contributed by atoms with Crippen LogP contribution in [0.4, 0.5) is 0 Å². The van der Waals surface area contributed by atoms with E-state index in [1.54, 1.807) is 12.4 Å². The van der Waals surface area contributed by atoms with Gasteiger partial charge in [0.1, 0.15) is 12.7 Å². The zero-order valence-corrected chi connectivity index (χ0v) is 16.8. The lowest BCUT2D eigenvalue weighted by Crippen LogP contribution is -2.38. The van der Waals surface area contributed by atoms with Crippen molar-refractivity contribution in [3.05, 3.63) is 46.7 Å². The van der Waals surface area contributed by atoms with Crippen LogP contribution in [-0.2, 0) is 6.61 Å². The van der Waals surface area contributed by atoms with Crippen molar-refractivity contribution in [2.24, 2.45) is 0 Å². The quantitative estimate of drug-likeness (QED) is 0.590. The molecule has 2 heterocycles. The summed E-state index contributed by atoms with van der Waals surface area (Å²) in [4.78, 5) is 11.0. The number of nitrogens with zero attached hydrogens (tertiary/aromatic N) is 4. The second kappa shape index (κ2) is 10.2. The van der Waals surface area contributed by atoms with E-state index in [-0.39, 0.29) is 6.10 Å². The van der Waals surface area contributed by atoms with Gasteiger partial charge in [0, 0.05) is 36.4 Å². The molecule has 0 aliphatic carbocycles. The van der Waals surface area contributed by atoms with Crippen LogP contribution < -0.4 is 9.47 Å². The van der Waals surface area contributed by atoms with Gasteiger partial charge in [-0.05, 0) is 43.5 Å². The van der Waals surface area contributed by atoms with Crippen LogP contribution >= 0.6 is 15.9 Å². The largest absolute Gasteiger partial charge is 0.470 e. The van der Waals surface area contributed by atoms with Gasteiger partial charge >= 0.3 is 0 Å². The molecule has 0 spiro atoms. The smallest absolute Gasteiger partial charge is 0.278 e. The molecule has 0 bridgehead atoms. The topological polar surface area (TPSA) is 71.3 Å². The molecule has 1 fully saturated rings. The van der Waals surface area contributed by atoms with E-state index in [4.69, 9.17) is 14.7 Å². The Balaban J connectivity index is 1.52. The molecular formula is C20H23BrN4O2. The van der Waals surface area contributed by atoms with Crippen molar-refractivity contribution >= 4 is 15.9 Å². The molecule has 3 rings (SSSR count). The van der Waals surface area contributed by atoms with Crippen LogP contribution in [0.2, 0.25) is 0 Å². The summed E-state index contributed by atoms with van der Waals surface area (Å²) < 4.78 is 12.9. The minimum atomic E-state index is 0.113. The Morgan fingerprint density at radius 1 is 1.19 bits per heavy atom. The van der Waals surface area contributed by atoms with Crippen LogP contribution in [0.3, 0.4) is 0 Å². The number of rotatable bonds is 8. The van der Waals surface area contributed by atoms with E-state index >= 15 is 0 Å². The third kappa shape index (κ3) is 6.19. The Kier molecular flexibility index (Phi) is 7.43. The normalized spacial score (nSPS) is 15.3. The van der Waals surface area contributed by atoms with Crippen molar-refractivity contribution in [2.75, 3.05) is 19.6 Å². The van der Waals surface area contributed by atoms with Gasteiger partial charge in [0.05, 0.1) is 6.07 Å². The molecule has 7 heteroatoms. The van der Waals surface area contributed by atoms with Gasteiger partial charge in [-0.1, -0.05) is 28.1 Å². The van der Waals surface area contributed by atoms with Crippen LogP contribution in [-0.4, -0.2) is 40.6 Å². The van der Waals surface area contributed by atoms with Gasteiger partial charge in [-0.25, -0.2) is 9.97 Å². The molecule has 0 amide bonds. The molecule has 0 saturated carbocycles. The van der Waals surface area contributed by atoms with Crippen molar-refractivity contribution in [3.8, 4) is 17.8 Å². The number of unbranched alkanes of at least 4 members (excludes halogenated alkanes) is 1. The predicted octanol–water partition coefficient (Wildman–Crippen LogP) is 3.97. The molecule has 0 atom stereocenters. The predicted molar refractivity (Wildman–Crippen MR) is 105 cm³/mol. The maximum Gasteiger partial charge on any atom is 0.278 e. The summed E-state index contributed by atoms with van der Waals surface area (Å²) in [5.41, 5.74) is 1.05. The van der Waals surface area contributed by atoms with E-state index in [1.807, 2.05) is 24.3 Å². The fourth-order valence-corrected chi connectivity index (χ4v) is 3.51.